The summed E-state index contributed by atoms with van der Waals surface area (Å²) >= 11 is 13.6. The normalized spacial score (nSPS) is 26.4. The highest BCUT2D eigenvalue weighted by Gasteiger charge is 2.79. The van der Waals surface area contributed by atoms with Crippen molar-refractivity contribution in [3.05, 3.63) is 71.8 Å². The van der Waals surface area contributed by atoms with Gasteiger partial charge in [-0.05, 0) is 60.9 Å². The number of rotatable bonds is 8. The van der Waals surface area contributed by atoms with Crippen molar-refractivity contribution >= 4 is 43.3 Å². The zero-order valence-electron chi connectivity index (χ0n) is 24.2. The summed E-state index contributed by atoms with van der Waals surface area (Å²) in [7, 11) is -2.63. The van der Waals surface area contributed by atoms with Crippen LogP contribution in [0.15, 0.2) is 60.7 Å². The SMILES string of the molecule is CC(C)C[C@@H]1C(=O)C(Cl)(Cl)[C@@]1(O[Si](C)(C)C(C)(C)C)C(=O)O[C@@H]1CCCC1(c1ccccc1)c1ccccc1. The van der Waals surface area contributed by atoms with Crippen molar-refractivity contribution in [1.29, 1.82) is 0 Å². The van der Waals surface area contributed by atoms with Gasteiger partial charge in [-0.15, -0.1) is 0 Å². The molecule has 0 heterocycles. The number of hydrogen-bond acceptors (Lipinski definition) is 4. The number of Topliss-reactive ketones (excluding diaryl/α,β-unsaturated/α-hetero) is 1. The summed E-state index contributed by atoms with van der Waals surface area (Å²) in [5.74, 6) is -1.61. The maximum absolute atomic E-state index is 14.6. The molecule has 0 spiro atoms. The minimum Gasteiger partial charge on any atom is -0.459 e. The monoisotopic (exact) mass is 588 g/mol. The van der Waals surface area contributed by atoms with Crippen LogP contribution < -0.4 is 0 Å². The van der Waals surface area contributed by atoms with Gasteiger partial charge in [0.1, 0.15) is 6.10 Å². The van der Waals surface area contributed by atoms with Gasteiger partial charge in [0.25, 0.3) is 0 Å². The molecule has 3 atom stereocenters. The van der Waals surface area contributed by atoms with E-state index in [4.69, 9.17) is 32.4 Å². The third-order valence-corrected chi connectivity index (χ3v) is 14.6. The van der Waals surface area contributed by atoms with Crippen LogP contribution in [0.25, 0.3) is 0 Å². The molecule has 0 amide bonds. The third-order valence-electron chi connectivity index (χ3n) is 9.23. The lowest BCUT2D eigenvalue weighted by Crippen LogP contribution is -2.79. The van der Waals surface area contributed by atoms with Crippen molar-refractivity contribution in [2.24, 2.45) is 11.8 Å². The van der Waals surface area contributed by atoms with Gasteiger partial charge >= 0.3 is 5.97 Å². The lowest BCUT2D eigenvalue weighted by atomic mass is 9.63. The summed E-state index contributed by atoms with van der Waals surface area (Å²) in [5.41, 5.74) is -0.101. The van der Waals surface area contributed by atoms with Crippen LogP contribution in [0.5, 0.6) is 0 Å². The molecule has 0 bridgehead atoms. The molecule has 0 radical (unpaired) electrons. The van der Waals surface area contributed by atoms with Crippen molar-refractivity contribution in [2.75, 3.05) is 0 Å². The topological polar surface area (TPSA) is 52.6 Å². The number of esters is 1. The van der Waals surface area contributed by atoms with E-state index in [-0.39, 0.29) is 16.7 Å². The molecule has 7 heteroatoms. The average molecular weight is 590 g/mol. The molecule has 2 aliphatic rings. The molecule has 2 saturated carbocycles. The van der Waals surface area contributed by atoms with E-state index in [1.807, 2.05) is 50.2 Å². The molecule has 2 aromatic carbocycles. The standard InChI is InChI=1S/C32H42Cl2O4Si/c1-22(2)21-25-27(35)32(33,34)31(25,38-39(6,7)29(3,4)5)28(36)37-26-19-14-20-30(26,23-15-10-8-11-16-23)24-17-12-9-13-18-24/h8-13,15-18,22,25-26H,14,19-21H2,1-7H3/t25-,26-,31+/m1/s1. The van der Waals surface area contributed by atoms with Gasteiger partial charge in [0.05, 0.1) is 11.3 Å². The molecule has 0 unspecified atom stereocenters. The number of halogens is 2. The highest BCUT2D eigenvalue weighted by Crippen LogP contribution is 2.60. The van der Waals surface area contributed by atoms with Crippen LogP contribution in [0.3, 0.4) is 0 Å². The molecule has 39 heavy (non-hydrogen) atoms. The van der Waals surface area contributed by atoms with E-state index in [0.717, 1.165) is 24.0 Å². The lowest BCUT2D eigenvalue weighted by Gasteiger charge is -2.58. The fourth-order valence-corrected chi connectivity index (χ4v) is 8.50. The van der Waals surface area contributed by atoms with Crippen LogP contribution in [0, 0.1) is 11.8 Å². The Hall–Kier alpha value is -1.66. The Balaban J connectivity index is 1.82. The third kappa shape index (κ3) is 4.92. The first-order valence-electron chi connectivity index (χ1n) is 14.1. The quantitative estimate of drug-likeness (QED) is 0.177. The van der Waals surface area contributed by atoms with Crippen molar-refractivity contribution in [1.82, 2.24) is 0 Å². The van der Waals surface area contributed by atoms with E-state index in [2.05, 4.69) is 58.1 Å². The van der Waals surface area contributed by atoms with Gasteiger partial charge < -0.3 is 9.16 Å². The summed E-state index contributed by atoms with van der Waals surface area (Å²) in [6.45, 7) is 14.4. The molecule has 0 saturated heterocycles. The number of hydrogen-bond donors (Lipinski definition) is 0. The van der Waals surface area contributed by atoms with E-state index in [9.17, 15) is 9.59 Å². The highest BCUT2D eigenvalue weighted by molar-refractivity contribution is 6.75. The maximum Gasteiger partial charge on any atom is 0.342 e. The van der Waals surface area contributed by atoms with Gasteiger partial charge in [-0.25, -0.2) is 4.79 Å². The van der Waals surface area contributed by atoms with Crippen LogP contribution >= 0.6 is 23.2 Å². The number of alkyl halides is 2. The van der Waals surface area contributed by atoms with Crippen LogP contribution in [0.2, 0.25) is 18.1 Å². The molecule has 0 N–H and O–H groups in total. The molecule has 4 rings (SSSR count). The average Bonchev–Trinajstić information content (AvgIpc) is 3.30. The fraction of sp³-hybridized carbons (Fsp3) is 0.562. The molecule has 2 fully saturated rings. The van der Waals surface area contributed by atoms with Gasteiger partial charge in [-0.3, -0.25) is 4.79 Å². The first-order valence-corrected chi connectivity index (χ1v) is 17.7. The summed E-state index contributed by atoms with van der Waals surface area (Å²) in [4.78, 5) is 27.9. The first kappa shape index (κ1) is 30.3. The van der Waals surface area contributed by atoms with Crippen molar-refractivity contribution < 1.29 is 18.8 Å². The summed E-state index contributed by atoms with van der Waals surface area (Å²) in [6.07, 6.45) is 2.38. The second-order valence-corrected chi connectivity index (χ2v) is 19.3. The molecular formula is C32H42Cl2O4Si. The largest absolute Gasteiger partial charge is 0.459 e. The zero-order chi connectivity index (χ0) is 28.9. The number of ether oxygens (including phenoxy) is 1. The van der Waals surface area contributed by atoms with Crippen molar-refractivity contribution in [3.8, 4) is 0 Å². The maximum atomic E-state index is 14.6. The molecule has 4 nitrogen and oxygen atoms in total. The predicted octanol–water partition coefficient (Wildman–Crippen LogP) is 8.25. The van der Waals surface area contributed by atoms with E-state index in [0.29, 0.717) is 12.8 Å². The van der Waals surface area contributed by atoms with Crippen molar-refractivity contribution in [2.45, 2.75) is 99.9 Å². The van der Waals surface area contributed by atoms with E-state index < -0.39 is 41.7 Å². The molecule has 212 valence electrons. The number of ketones is 1. The second-order valence-electron chi connectivity index (χ2n) is 13.2. The van der Waals surface area contributed by atoms with E-state index in [1.165, 1.54) is 0 Å². The molecule has 0 aliphatic heterocycles. The Morgan fingerprint density at radius 3 is 1.97 bits per heavy atom. The molecule has 0 aromatic heterocycles. The van der Waals surface area contributed by atoms with E-state index in [1.54, 1.807) is 0 Å². The second kappa shape index (κ2) is 10.6. The Bertz CT molecular complexity index is 1150. The van der Waals surface area contributed by atoms with Gasteiger partial charge in [-0.1, -0.05) is 118 Å². The predicted molar refractivity (Wildman–Crippen MR) is 161 cm³/mol. The lowest BCUT2D eigenvalue weighted by molar-refractivity contribution is -0.195. The Morgan fingerprint density at radius 2 is 1.51 bits per heavy atom. The summed E-state index contributed by atoms with van der Waals surface area (Å²) in [5, 5.41) is -0.240. The van der Waals surface area contributed by atoms with Crippen LogP contribution in [-0.2, 0) is 24.2 Å². The first-order chi connectivity index (χ1) is 18.1. The van der Waals surface area contributed by atoms with Gasteiger partial charge in [0.15, 0.2) is 14.1 Å². The van der Waals surface area contributed by atoms with Crippen LogP contribution in [-0.4, -0.2) is 36.1 Å². The van der Waals surface area contributed by atoms with Gasteiger partial charge in [0.2, 0.25) is 9.93 Å². The number of benzene rings is 2. The van der Waals surface area contributed by atoms with Crippen LogP contribution in [0.4, 0.5) is 0 Å². The summed E-state index contributed by atoms with van der Waals surface area (Å²) < 4.78 is 11.4. The van der Waals surface area contributed by atoms with Crippen LogP contribution in [0.1, 0.15) is 71.4 Å². The fourth-order valence-electron chi connectivity index (χ4n) is 6.12. The Morgan fingerprint density at radius 1 is 1.00 bits per heavy atom. The number of carbonyl (C=O) groups is 2. The summed E-state index contributed by atoms with van der Waals surface area (Å²) in [6, 6.07) is 20.5. The molecular weight excluding hydrogens is 547 g/mol. The van der Waals surface area contributed by atoms with Gasteiger partial charge in [-0.2, -0.15) is 0 Å². The van der Waals surface area contributed by atoms with Crippen molar-refractivity contribution in [3.63, 3.8) is 0 Å². The van der Waals surface area contributed by atoms with E-state index >= 15 is 0 Å². The minimum atomic E-state index is -2.63. The molecule has 2 aromatic rings. The highest BCUT2D eigenvalue weighted by atomic mass is 35.5. The van der Waals surface area contributed by atoms with Gasteiger partial charge in [0, 0.05) is 0 Å². The molecule has 2 aliphatic carbocycles. The number of carbonyl (C=O) groups excluding carboxylic acids is 2. The minimum absolute atomic E-state index is 0.137. The zero-order valence-corrected chi connectivity index (χ0v) is 26.7. The Kier molecular flexibility index (Phi) is 8.26. The smallest absolute Gasteiger partial charge is 0.342 e. The Labute approximate surface area is 244 Å².